The van der Waals surface area contributed by atoms with Gasteiger partial charge in [-0.2, -0.15) is 9.97 Å². The standard InChI is InChI=1S/C20H25IN6O/c1-13(2)27-12-23-17-18(22-9-14-4-3-5-16(21)8-14)24-20(25-19(17)27)26-7-6-15(10-26)11-28/h3-5,8,12-13,15,28H,6-7,9-11H2,1-2H3,(H,22,24,25). The van der Waals surface area contributed by atoms with E-state index in [9.17, 15) is 5.11 Å². The summed E-state index contributed by atoms with van der Waals surface area (Å²) in [5, 5.41) is 12.9. The van der Waals surface area contributed by atoms with Crippen molar-refractivity contribution in [3.63, 3.8) is 0 Å². The number of aromatic nitrogens is 4. The second-order valence-electron chi connectivity index (χ2n) is 7.56. The highest BCUT2D eigenvalue weighted by molar-refractivity contribution is 14.1. The number of rotatable bonds is 6. The number of benzene rings is 1. The molecule has 1 atom stereocenters. The number of hydrogen-bond acceptors (Lipinski definition) is 6. The van der Waals surface area contributed by atoms with E-state index in [2.05, 4.69) is 80.5 Å². The van der Waals surface area contributed by atoms with E-state index in [1.165, 1.54) is 9.13 Å². The van der Waals surface area contributed by atoms with Gasteiger partial charge in [-0.3, -0.25) is 0 Å². The molecule has 3 heterocycles. The van der Waals surface area contributed by atoms with Gasteiger partial charge in [0.1, 0.15) is 0 Å². The lowest BCUT2D eigenvalue weighted by Gasteiger charge is -2.18. The Morgan fingerprint density at radius 3 is 2.89 bits per heavy atom. The molecule has 7 nitrogen and oxygen atoms in total. The number of aliphatic hydroxyl groups is 1. The number of halogens is 1. The summed E-state index contributed by atoms with van der Waals surface area (Å²) in [5.41, 5.74) is 2.84. The average molecular weight is 492 g/mol. The van der Waals surface area contributed by atoms with Crippen LogP contribution in [0.2, 0.25) is 0 Å². The van der Waals surface area contributed by atoms with Crippen molar-refractivity contribution in [2.75, 3.05) is 29.9 Å². The van der Waals surface area contributed by atoms with E-state index in [4.69, 9.17) is 9.97 Å². The highest BCUT2D eigenvalue weighted by Crippen LogP contribution is 2.28. The van der Waals surface area contributed by atoms with Crippen LogP contribution in [0.3, 0.4) is 0 Å². The minimum absolute atomic E-state index is 0.209. The van der Waals surface area contributed by atoms with Crippen LogP contribution in [0.5, 0.6) is 0 Å². The first-order valence-electron chi connectivity index (χ1n) is 9.64. The van der Waals surface area contributed by atoms with Crippen LogP contribution in [0.15, 0.2) is 30.6 Å². The van der Waals surface area contributed by atoms with E-state index in [0.29, 0.717) is 12.5 Å². The summed E-state index contributed by atoms with van der Waals surface area (Å²) >= 11 is 2.32. The maximum atomic E-state index is 9.48. The fraction of sp³-hybridized carbons (Fsp3) is 0.450. The monoisotopic (exact) mass is 492 g/mol. The number of nitrogens with one attached hydrogen (secondary N) is 1. The molecule has 1 fully saturated rings. The molecule has 4 rings (SSSR count). The number of anilines is 2. The SMILES string of the molecule is CC(C)n1cnc2c(NCc3cccc(I)c3)nc(N3CCC(CO)C3)nc21. The third kappa shape index (κ3) is 3.93. The summed E-state index contributed by atoms with van der Waals surface area (Å²) in [6.45, 7) is 6.78. The van der Waals surface area contributed by atoms with Gasteiger partial charge in [0, 0.05) is 41.8 Å². The lowest BCUT2D eigenvalue weighted by Crippen LogP contribution is -2.23. The summed E-state index contributed by atoms with van der Waals surface area (Å²) in [7, 11) is 0. The molecule has 1 aliphatic heterocycles. The zero-order valence-corrected chi connectivity index (χ0v) is 18.3. The van der Waals surface area contributed by atoms with Crippen molar-refractivity contribution in [3.8, 4) is 0 Å². The van der Waals surface area contributed by atoms with Crippen molar-refractivity contribution >= 4 is 45.5 Å². The third-order valence-corrected chi connectivity index (χ3v) is 5.81. The quantitative estimate of drug-likeness (QED) is 0.514. The topological polar surface area (TPSA) is 79.1 Å². The minimum atomic E-state index is 0.209. The molecule has 148 valence electrons. The zero-order valence-electron chi connectivity index (χ0n) is 16.1. The summed E-state index contributed by atoms with van der Waals surface area (Å²) in [6.07, 6.45) is 2.80. The molecule has 8 heteroatoms. The Hall–Kier alpha value is -1.94. The van der Waals surface area contributed by atoms with Crippen LogP contribution in [0.25, 0.3) is 11.2 Å². The van der Waals surface area contributed by atoms with E-state index in [0.717, 1.165) is 36.5 Å². The second kappa shape index (κ2) is 8.20. The van der Waals surface area contributed by atoms with Crippen molar-refractivity contribution < 1.29 is 5.11 Å². The molecule has 1 aromatic carbocycles. The zero-order chi connectivity index (χ0) is 19.7. The maximum Gasteiger partial charge on any atom is 0.229 e. The van der Waals surface area contributed by atoms with E-state index >= 15 is 0 Å². The van der Waals surface area contributed by atoms with Gasteiger partial charge in [0.15, 0.2) is 17.0 Å². The van der Waals surface area contributed by atoms with Crippen molar-refractivity contribution in [1.29, 1.82) is 0 Å². The van der Waals surface area contributed by atoms with Crippen LogP contribution in [0.4, 0.5) is 11.8 Å². The molecular weight excluding hydrogens is 467 g/mol. The second-order valence-corrected chi connectivity index (χ2v) is 8.80. The number of aliphatic hydroxyl groups excluding tert-OH is 1. The number of nitrogens with zero attached hydrogens (tertiary/aromatic N) is 5. The molecule has 1 unspecified atom stereocenters. The van der Waals surface area contributed by atoms with Gasteiger partial charge in [-0.25, -0.2) is 4.98 Å². The largest absolute Gasteiger partial charge is 0.396 e. The average Bonchev–Trinajstić information content (AvgIpc) is 3.33. The molecule has 3 aromatic rings. The van der Waals surface area contributed by atoms with Gasteiger partial charge in [0.05, 0.1) is 6.33 Å². The molecule has 0 aliphatic carbocycles. The van der Waals surface area contributed by atoms with Gasteiger partial charge in [-0.1, -0.05) is 12.1 Å². The Bertz CT molecular complexity index is 972. The van der Waals surface area contributed by atoms with Crippen LogP contribution in [0.1, 0.15) is 31.9 Å². The Morgan fingerprint density at radius 2 is 2.18 bits per heavy atom. The fourth-order valence-corrected chi connectivity index (χ4v) is 4.15. The molecule has 1 aliphatic rings. The first kappa shape index (κ1) is 19.4. The molecule has 0 radical (unpaired) electrons. The minimum Gasteiger partial charge on any atom is -0.396 e. The van der Waals surface area contributed by atoms with Crippen LogP contribution in [-0.2, 0) is 6.54 Å². The Kier molecular flexibility index (Phi) is 5.68. The highest BCUT2D eigenvalue weighted by atomic mass is 127. The van der Waals surface area contributed by atoms with Crippen LogP contribution < -0.4 is 10.2 Å². The molecule has 28 heavy (non-hydrogen) atoms. The fourth-order valence-electron chi connectivity index (χ4n) is 3.54. The molecule has 0 bridgehead atoms. The summed E-state index contributed by atoms with van der Waals surface area (Å²) < 4.78 is 3.29. The number of imidazole rings is 1. The van der Waals surface area contributed by atoms with Crippen molar-refractivity contribution in [3.05, 3.63) is 39.7 Å². The maximum absolute atomic E-state index is 9.48. The molecule has 0 amide bonds. The smallest absolute Gasteiger partial charge is 0.229 e. The van der Waals surface area contributed by atoms with Crippen LogP contribution in [-0.4, -0.2) is 44.3 Å². The molecule has 2 N–H and O–H groups in total. The molecule has 1 saturated heterocycles. The number of hydrogen-bond donors (Lipinski definition) is 2. The van der Waals surface area contributed by atoms with Gasteiger partial charge in [0.2, 0.25) is 5.95 Å². The van der Waals surface area contributed by atoms with Gasteiger partial charge in [-0.15, -0.1) is 0 Å². The van der Waals surface area contributed by atoms with E-state index < -0.39 is 0 Å². The van der Waals surface area contributed by atoms with Gasteiger partial charge in [-0.05, 0) is 60.6 Å². The van der Waals surface area contributed by atoms with E-state index in [-0.39, 0.29) is 18.6 Å². The first-order chi connectivity index (χ1) is 13.5. The van der Waals surface area contributed by atoms with Crippen molar-refractivity contribution in [2.45, 2.75) is 32.9 Å². The predicted molar refractivity (Wildman–Crippen MR) is 120 cm³/mol. The van der Waals surface area contributed by atoms with Gasteiger partial charge >= 0.3 is 0 Å². The van der Waals surface area contributed by atoms with Crippen LogP contribution in [0, 0.1) is 9.49 Å². The van der Waals surface area contributed by atoms with Crippen LogP contribution >= 0.6 is 22.6 Å². The van der Waals surface area contributed by atoms with Crippen molar-refractivity contribution in [1.82, 2.24) is 19.5 Å². The van der Waals surface area contributed by atoms with Gasteiger partial charge < -0.3 is 19.9 Å². The van der Waals surface area contributed by atoms with E-state index in [1.807, 2.05) is 6.33 Å². The summed E-state index contributed by atoms with van der Waals surface area (Å²) in [5.74, 6) is 1.75. The summed E-state index contributed by atoms with van der Waals surface area (Å²) in [4.78, 5) is 16.4. The van der Waals surface area contributed by atoms with E-state index in [1.54, 1.807) is 0 Å². The lowest BCUT2D eigenvalue weighted by atomic mass is 10.1. The predicted octanol–water partition coefficient (Wildman–Crippen LogP) is 3.44. The Balaban J connectivity index is 1.69. The third-order valence-electron chi connectivity index (χ3n) is 5.14. The lowest BCUT2D eigenvalue weighted by molar-refractivity contribution is 0.238. The Morgan fingerprint density at radius 1 is 1.32 bits per heavy atom. The molecule has 2 aromatic heterocycles. The normalized spacial score (nSPS) is 17.0. The molecular formula is C20H25IN6O. The molecule has 0 spiro atoms. The highest BCUT2D eigenvalue weighted by Gasteiger charge is 2.25. The van der Waals surface area contributed by atoms with Gasteiger partial charge in [0.25, 0.3) is 0 Å². The Labute approximate surface area is 178 Å². The summed E-state index contributed by atoms with van der Waals surface area (Å²) in [6, 6.07) is 8.67. The number of fused-ring (bicyclic) bond motifs is 1. The molecule has 0 saturated carbocycles. The van der Waals surface area contributed by atoms with Crippen molar-refractivity contribution in [2.24, 2.45) is 5.92 Å². The first-order valence-corrected chi connectivity index (χ1v) is 10.7.